The smallest absolute Gasteiger partial charge is 0.244 e. The highest BCUT2D eigenvalue weighted by molar-refractivity contribution is 7.89. The Bertz CT molecular complexity index is 836. The Balaban J connectivity index is 1.78. The van der Waals surface area contributed by atoms with Gasteiger partial charge in [-0.3, -0.25) is 5.10 Å². The summed E-state index contributed by atoms with van der Waals surface area (Å²) in [6.07, 6.45) is 3.56. The van der Waals surface area contributed by atoms with E-state index in [2.05, 4.69) is 29.8 Å². The van der Waals surface area contributed by atoms with E-state index in [1.54, 1.807) is 13.8 Å². The number of nitrogens with zero attached hydrogens (tertiary/aromatic N) is 4. The second-order valence-electron chi connectivity index (χ2n) is 6.42. The Labute approximate surface area is 148 Å². The van der Waals surface area contributed by atoms with Gasteiger partial charge in [0.2, 0.25) is 10.0 Å². The molecule has 2 aromatic rings. The number of hydrogen-bond acceptors (Lipinski definition) is 6. The van der Waals surface area contributed by atoms with Gasteiger partial charge in [-0.25, -0.2) is 23.1 Å². The van der Waals surface area contributed by atoms with Crippen molar-refractivity contribution in [3.8, 4) is 0 Å². The second-order valence-corrected chi connectivity index (χ2v) is 8.12. The standard InChI is InChI=1S/C16H24N6O2S/c1-11-9-15(22-7-5-4-6-8-22)19-14(18-11)10-17-25(23,24)16-12(2)20-21-13(16)3/h9,17H,4-8,10H2,1-3H3,(H,20,21). The maximum atomic E-state index is 12.5. The van der Waals surface area contributed by atoms with Gasteiger partial charge < -0.3 is 4.90 Å². The van der Waals surface area contributed by atoms with Crippen LogP contribution in [0.1, 0.15) is 42.2 Å². The molecule has 9 heteroatoms. The summed E-state index contributed by atoms with van der Waals surface area (Å²) < 4.78 is 27.7. The minimum Gasteiger partial charge on any atom is -0.357 e. The van der Waals surface area contributed by atoms with Crippen LogP contribution in [0.2, 0.25) is 0 Å². The second kappa shape index (κ2) is 7.09. The quantitative estimate of drug-likeness (QED) is 0.835. The van der Waals surface area contributed by atoms with Gasteiger partial charge in [0.25, 0.3) is 0 Å². The van der Waals surface area contributed by atoms with Gasteiger partial charge in [-0.15, -0.1) is 0 Å². The van der Waals surface area contributed by atoms with Crippen molar-refractivity contribution in [1.29, 1.82) is 0 Å². The number of sulfonamides is 1. The lowest BCUT2D eigenvalue weighted by Gasteiger charge is -2.28. The fraction of sp³-hybridized carbons (Fsp3) is 0.562. The molecule has 1 fully saturated rings. The molecule has 1 saturated heterocycles. The highest BCUT2D eigenvalue weighted by Gasteiger charge is 2.22. The maximum absolute atomic E-state index is 12.5. The van der Waals surface area contributed by atoms with E-state index in [1.165, 1.54) is 6.42 Å². The summed E-state index contributed by atoms with van der Waals surface area (Å²) in [7, 11) is -3.66. The minimum atomic E-state index is -3.66. The van der Waals surface area contributed by atoms with Gasteiger partial charge in [-0.05, 0) is 40.0 Å². The first-order valence-electron chi connectivity index (χ1n) is 8.47. The van der Waals surface area contributed by atoms with Crippen LogP contribution in [0.15, 0.2) is 11.0 Å². The molecule has 3 heterocycles. The molecule has 0 aliphatic carbocycles. The number of hydrogen-bond donors (Lipinski definition) is 2. The molecule has 1 aliphatic heterocycles. The van der Waals surface area contributed by atoms with Gasteiger partial charge in [0.1, 0.15) is 16.5 Å². The van der Waals surface area contributed by atoms with Crippen molar-refractivity contribution in [3.63, 3.8) is 0 Å². The van der Waals surface area contributed by atoms with Crippen LogP contribution in [-0.2, 0) is 16.6 Å². The molecule has 3 rings (SSSR count). The molecule has 0 aromatic carbocycles. The van der Waals surface area contributed by atoms with Crippen molar-refractivity contribution in [1.82, 2.24) is 24.9 Å². The normalized spacial score (nSPS) is 15.6. The summed E-state index contributed by atoms with van der Waals surface area (Å²) in [6.45, 7) is 7.26. The average molecular weight is 364 g/mol. The zero-order valence-corrected chi connectivity index (χ0v) is 15.7. The molecule has 0 saturated carbocycles. The van der Waals surface area contributed by atoms with Gasteiger partial charge in [-0.1, -0.05) is 0 Å². The molecular weight excluding hydrogens is 340 g/mol. The van der Waals surface area contributed by atoms with Gasteiger partial charge >= 0.3 is 0 Å². The lowest BCUT2D eigenvalue weighted by Crippen LogP contribution is -2.31. The molecule has 8 nitrogen and oxygen atoms in total. The number of rotatable bonds is 5. The first-order valence-corrected chi connectivity index (χ1v) is 9.96. The molecule has 0 spiro atoms. The third-order valence-electron chi connectivity index (χ3n) is 4.32. The molecule has 0 amide bonds. The molecule has 0 atom stereocenters. The molecule has 2 aromatic heterocycles. The number of aromatic nitrogens is 4. The van der Waals surface area contributed by atoms with Crippen LogP contribution in [0.5, 0.6) is 0 Å². The van der Waals surface area contributed by atoms with E-state index in [1.807, 2.05) is 13.0 Å². The Morgan fingerprint density at radius 1 is 1.16 bits per heavy atom. The molecule has 0 radical (unpaired) electrons. The highest BCUT2D eigenvalue weighted by Crippen LogP contribution is 2.19. The van der Waals surface area contributed by atoms with Crippen LogP contribution in [0.3, 0.4) is 0 Å². The lowest BCUT2D eigenvalue weighted by atomic mass is 10.1. The van der Waals surface area contributed by atoms with Crippen molar-refractivity contribution < 1.29 is 8.42 Å². The van der Waals surface area contributed by atoms with Crippen molar-refractivity contribution in [2.24, 2.45) is 0 Å². The number of piperidine rings is 1. The molecule has 25 heavy (non-hydrogen) atoms. The summed E-state index contributed by atoms with van der Waals surface area (Å²) in [4.78, 5) is 11.3. The van der Waals surface area contributed by atoms with E-state index < -0.39 is 10.0 Å². The Kier molecular flexibility index (Phi) is 5.05. The van der Waals surface area contributed by atoms with Crippen LogP contribution in [0.25, 0.3) is 0 Å². The van der Waals surface area contributed by atoms with Crippen molar-refractivity contribution in [2.75, 3.05) is 18.0 Å². The first-order chi connectivity index (χ1) is 11.9. The zero-order chi connectivity index (χ0) is 18.0. The summed E-state index contributed by atoms with van der Waals surface area (Å²) in [5, 5.41) is 6.64. The zero-order valence-electron chi connectivity index (χ0n) is 14.8. The number of aryl methyl sites for hydroxylation is 3. The third kappa shape index (κ3) is 3.98. The van der Waals surface area contributed by atoms with E-state index in [4.69, 9.17) is 0 Å². The fourth-order valence-electron chi connectivity index (χ4n) is 3.14. The van der Waals surface area contributed by atoms with E-state index >= 15 is 0 Å². The lowest BCUT2D eigenvalue weighted by molar-refractivity contribution is 0.569. The molecule has 0 bridgehead atoms. The van der Waals surface area contributed by atoms with E-state index in [9.17, 15) is 8.42 Å². The van der Waals surface area contributed by atoms with Gasteiger partial charge in [0.15, 0.2) is 0 Å². The van der Waals surface area contributed by atoms with Gasteiger partial charge in [-0.2, -0.15) is 5.10 Å². The van der Waals surface area contributed by atoms with E-state index in [0.717, 1.165) is 37.4 Å². The molecule has 1 aliphatic rings. The minimum absolute atomic E-state index is 0.0505. The van der Waals surface area contributed by atoms with Crippen molar-refractivity contribution in [3.05, 3.63) is 29.0 Å². The molecule has 136 valence electrons. The monoisotopic (exact) mass is 364 g/mol. The SMILES string of the molecule is Cc1cc(N2CCCCC2)nc(CNS(=O)(=O)c2c(C)n[nH]c2C)n1. The van der Waals surface area contributed by atoms with Crippen molar-refractivity contribution >= 4 is 15.8 Å². The average Bonchev–Trinajstić information content (AvgIpc) is 2.93. The molecule has 0 unspecified atom stereocenters. The molecule has 2 N–H and O–H groups in total. The van der Waals surface area contributed by atoms with E-state index in [0.29, 0.717) is 17.2 Å². The van der Waals surface area contributed by atoms with Gasteiger partial charge in [0, 0.05) is 24.8 Å². The maximum Gasteiger partial charge on any atom is 0.244 e. The van der Waals surface area contributed by atoms with Crippen LogP contribution in [0, 0.1) is 20.8 Å². The van der Waals surface area contributed by atoms with Crippen LogP contribution >= 0.6 is 0 Å². The van der Waals surface area contributed by atoms with Crippen LogP contribution in [-0.4, -0.2) is 41.7 Å². The number of nitrogens with one attached hydrogen (secondary N) is 2. The topological polar surface area (TPSA) is 104 Å². The Morgan fingerprint density at radius 3 is 2.52 bits per heavy atom. The highest BCUT2D eigenvalue weighted by atomic mass is 32.2. The van der Waals surface area contributed by atoms with Crippen LogP contribution < -0.4 is 9.62 Å². The number of H-pyrrole nitrogens is 1. The van der Waals surface area contributed by atoms with Gasteiger partial charge in [0.05, 0.1) is 17.9 Å². The summed E-state index contributed by atoms with van der Waals surface area (Å²) in [6, 6.07) is 1.95. The van der Waals surface area contributed by atoms with Crippen molar-refractivity contribution in [2.45, 2.75) is 51.5 Å². The summed E-state index contributed by atoms with van der Waals surface area (Å²) >= 11 is 0. The first kappa shape index (κ1) is 17.8. The number of anilines is 1. The largest absolute Gasteiger partial charge is 0.357 e. The summed E-state index contributed by atoms with van der Waals surface area (Å²) in [5.41, 5.74) is 1.80. The third-order valence-corrected chi connectivity index (χ3v) is 5.98. The Hall–Kier alpha value is -2.00. The predicted octanol–water partition coefficient (Wildman–Crippen LogP) is 1.59. The number of aromatic amines is 1. The predicted molar refractivity (Wildman–Crippen MR) is 94.9 cm³/mol. The van der Waals surface area contributed by atoms with Crippen LogP contribution in [0.4, 0.5) is 5.82 Å². The summed E-state index contributed by atoms with van der Waals surface area (Å²) in [5.74, 6) is 1.35. The van der Waals surface area contributed by atoms with E-state index in [-0.39, 0.29) is 11.4 Å². The fourth-order valence-corrected chi connectivity index (χ4v) is 4.49. The molecular formula is C16H24N6O2S. The Morgan fingerprint density at radius 2 is 1.88 bits per heavy atom.